The quantitative estimate of drug-likeness (QED) is 0.707. The van der Waals surface area contributed by atoms with Crippen molar-refractivity contribution in [1.29, 1.82) is 0 Å². The largest absolute Gasteiger partial charge is 0.372 e. The molecule has 1 fully saturated rings. The van der Waals surface area contributed by atoms with Crippen LogP contribution in [0, 0.1) is 0 Å². The molecule has 6 heteroatoms. The van der Waals surface area contributed by atoms with Crippen LogP contribution in [0.2, 0.25) is 0 Å². The van der Waals surface area contributed by atoms with Crippen LogP contribution in [0.1, 0.15) is 18.4 Å². The van der Waals surface area contributed by atoms with E-state index in [4.69, 9.17) is 0 Å². The number of hydrogen-bond acceptors (Lipinski definition) is 6. The van der Waals surface area contributed by atoms with Crippen LogP contribution in [0.25, 0.3) is 0 Å². The Morgan fingerprint density at radius 2 is 1.69 bits per heavy atom. The first-order chi connectivity index (χ1) is 12.9. The number of nitrogens with one attached hydrogen (secondary N) is 2. The highest BCUT2D eigenvalue weighted by Gasteiger charge is 2.11. The third kappa shape index (κ3) is 4.08. The highest BCUT2D eigenvalue weighted by atomic mass is 15.3. The topological polar surface area (TPSA) is 66.0 Å². The van der Waals surface area contributed by atoms with Crippen LogP contribution in [0.3, 0.4) is 0 Å². The minimum Gasteiger partial charge on any atom is -0.372 e. The van der Waals surface area contributed by atoms with Gasteiger partial charge in [0.1, 0.15) is 0 Å². The maximum Gasteiger partial charge on any atom is 0.249 e. The van der Waals surface area contributed by atoms with Gasteiger partial charge in [0, 0.05) is 31.0 Å². The lowest BCUT2D eigenvalue weighted by atomic mass is 10.2. The van der Waals surface area contributed by atoms with Crippen LogP contribution in [-0.2, 0) is 6.54 Å². The fraction of sp³-hybridized carbons (Fsp3) is 0.250. The summed E-state index contributed by atoms with van der Waals surface area (Å²) in [7, 11) is 0. The Morgan fingerprint density at radius 3 is 2.46 bits per heavy atom. The summed E-state index contributed by atoms with van der Waals surface area (Å²) in [5.41, 5.74) is 3.42. The van der Waals surface area contributed by atoms with Crippen molar-refractivity contribution in [2.75, 3.05) is 28.6 Å². The molecule has 0 spiro atoms. The molecular formula is C20H22N6. The molecule has 0 unspecified atom stereocenters. The van der Waals surface area contributed by atoms with Gasteiger partial charge in [0.15, 0.2) is 5.82 Å². The van der Waals surface area contributed by atoms with Crippen molar-refractivity contribution in [3.63, 3.8) is 0 Å². The van der Waals surface area contributed by atoms with Gasteiger partial charge in [-0.05, 0) is 42.7 Å². The Morgan fingerprint density at radius 1 is 0.923 bits per heavy atom. The van der Waals surface area contributed by atoms with E-state index >= 15 is 0 Å². The average molecular weight is 346 g/mol. The monoisotopic (exact) mass is 346 g/mol. The van der Waals surface area contributed by atoms with E-state index in [0.29, 0.717) is 18.3 Å². The van der Waals surface area contributed by atoms with Crippen LogP contribution in [0.15, 0.2) is 60.8 Å². The molecule has 2 aromatic carbocycles. The smallest absolute Gasteiger partial charge is 0.249 e. The van der Waals surface area contributed by atoms with Crippen LogP contribution >= 0.6 is 0 Å². The Hall–Kier alpha value is -3.15. The molecule has 6 nitrogen and oxygen atoms in total. The molecule has 2 heterocycles. The summed E-state index contributed by atoms with van der Waals surface area (Å²) in [4.78, 5) is 6.89. The number of anilines is 4. The molecular weight excluding hydrogens is 324 g/mol. The SMILES string of the molecule is c1ccc(CNc2cnnc(Nc3ccc(N4CCCC4)cc3)n2)cc1. The van der Waals surface area contributed by atoms with E-state index in [-0.39, 0.29) is 0 Å². The van der Waals surface area contributed by atoms with Gasteiger partial charge in [-0.25, -0.2) is 0 Å². The molecule has 0 atom stereocenters. The normalized spacial score (nSPS) is 13.6. The number of benzene rings is 2. The third-order valence-corrected chi connectivity index (χ3v) is 4.47. The molecule has 1 aromatic heterocycles. The zero-order valence-electron chi connectivity index (χ0n) is 14.6. The standard InChI is InChI=1S/C20H22N6/c1-2-6-16(7-3-1)14-21-19-15-22-25-20(24-19)23-17-8-10-18(11-9-17)26-12-4-5-13-26/h1-3,6-11,15H,4-5,12-14H2,(H2,21,23,24,25). The minimum absolute atomic E-state index is 0.483. The number of aromatic nitrogens is 3. The molecule has 1 aliphatic rings. The fourth-order valence-corrected chi connectivity index (χ4v) is 3.09. The van der Waals surface area contributed by atoms with Crippen LogP contribution in [-0.4, -0.2) is 28.3 Å². The van der Waals surface area contributed by atoms with Crippen molar-refractivity contribution in [1.82, 2.24) is 15.2 Å². The van der Waals surface area contributed by atoms with Gasteiger partial charge < -0.3 is 15.5 Å². The molecule has 2 N–H and O–H groups in total. The molecule has 1 saturated heterocycles. The summed E-state index contributed by atoms with van der Waals surface area (Å²) in [5, 5.41) is 14.6. The lowest BCUT2D eigenvalue weighted by molar-refractivity contribution is 0.949. The van der Waals surface area contributed by atoms with Crippen molar-refractivity contribution in [2.45, 2.75) is 19.4 Å². The van der Waals surface area contributed by atoms with E-state index in [1.165, 1.54) is 24.1 Å². The van der Waals surface area contributed by atoms with Gasteiger partial charge in [0.25, 0.3) is 0 Å². The Kier molecular flexibility index (Phi) is 4.91. The maximum atomic E-state index is 4.48. The Balaban J connectivity index is 1.38. The maximum absolute atomic E-state index is 4.48. The second kappa shape index (κ2) is 7.82. The van der Waals surface area contributed by atoms with E-state index in [1.807, 2.05) is 18.2 Å². The number of hydrogen-bond donors (Lipinski definition) is 2. The van der Waals surface area contributed by atoms with Gasteiger partial charge >= 0.3 is 0 Å². The predicted molar refractivity (Wildman–Crippen MR) is 105 cm³/mol. The molecule has 26 heavy (non-hydrogen) atoms. The first-order valence-corrected chi connectivity index (χ1v) is 8.96. The molecule has 0 aliphatic carbocycles. The molecule has 0 amide bonds. The van der Waals surface area contributed by atoms with Crippen molar-refractivity contribution in [2.24, 2.45) is 0 Å². The first-order valence-electron chi connectivity index (χ1n) is 8.96. The minimum atomic E-state index is 0.483. The summed E-state index contributed by atoms with van der Waals surface area (Å²) < 4.78 is 0. The van der Waals surface area contributed by atoms with Crippen molar-refractivity contribution >= 4 is 23.1 Å². The van der Waals surface area contributed by atoms with Crippen molar-refractivity contribution in [3.8, 4) is 0 Å². The van der Waals surface area contributed by atoms with Crippen molar-refractivity contribution < 1.29 is 0 Å². The Labute approximate surface area is 153 Å². The highest BCUT2D eigenvalue weighted by molar-refractivity contribution is 5.59. The van der Waals surface area contributed by atoms with E-state index in [0.717, 1.165) is 18.8 Å². The zero-order valence-corrected chi connectivity index (χ0v) is 14.6. The lowest BCUT2D eigenvalue weighted by Gasteiger charge is -2.17. The summed E-state index contributed by atoms with van der Waals surface area (Å²) >= 11 is 0. The average Bonchev–Trinajstić information content (AvgIpc) is 3.23. The van der Waals surface area contributed by atoms with E-state index in [1.54, 1.807) is 6.20 Å². The highest BCUT2D eigenvalue weighted by Crippen LogP contribution is 2.23. The van der Waals surface area contributed by atoms with Gasteiger partial charge in [-0.1, -0.05) is 30.3 Å². The third-order valence-electron chi connectivity index (χ3n) is 4.47. The molecule has 0 saturated carbocycles. The second-order valence-electron chi connectivity index (χ2n) is 6.37. The van der Waals surface area contributed by atoms with Crippen molar-refractivity contribution in [3.05, 3.63) is 66.4 Å². The summed E-state index contributed by atoms with van der Waals surface area (Å²) in [5.74, 6) is 1.18. The van der Waals surface area contributed by atoms with E-state index < -0.39 is 0 Å². The van der Waals surface area contributed by atoms with Gasteiger partial charge in [-0.2, -0.15) is 10.1 Å². The summed E-state index contributed by atoms with van der Waals surface area (Å²) in [6, 6.07) is 18.6. The van der Waals surface area contributed by atoms with Gasteiger partial charge in [-0.3, -0.25) is 0 Å². The molecule has 1 aliphatic heterocycles. The second-order valence-corrected chi connectivity index (χ2v) is 6.37. The van der Waals surface area contributed by atoms with Gasteiger partial charge in [0.05, 0.1) is 6.20 Å². The van der Waals surface area contributed by atoms with Crippen LogP contribution < -0.4 is 15.5 Å². The van der Waals surface area contributed by atoms with Crippen LogP contribution in [0.5, 0.6) is 0 Å². The van der Waals surface area contributed by atoms with Gasteiger partial charge in [-0.15, -0.1) is 5.10 Å². The summed E-state index contributed by atoms with van der Waals surface area (Å²) in [6.45, 7) is 2.99. The van der Waals surface area contributed by atoms with Crippen LogP contribution in [0.4, 0.5) is 23.1 Å². The van der Waals surface area contributed by atoms with E-state index in [9.17, 15) is 0 Å². The first kappa shape index (κ1) is 16.3. The molecule has 0 radical (unpaired) electrons. The molecule has 4 rings (SSSR count). The fourth-order valence-electron chi connectivity index (χ4n) is 3.09. The number of rotatable bonds is 6. The predicted octanol–water partition coefficient (Wildman–Crippen LogP) is 3.83. The summed E-state index contributed by atoms with van der Waals surface area (Å²) in [6.07, 6.45) is 4.19. The van der Waals surface area contributed by atoms with Gasteiger partial charge in [0.2, 0.25) is 5.95 Å². The Bertz CT molecular complexity index is 828. The lowest BCUT2D eigenvalue weighted by Crippen LogP contribution is -2.17. The molecule has 3 aromatic rings. The van der Waals surface area contributed by atoms with E-state index in [2.05, 4.69) is 67.1 Å². The zero-order chi connectivity index (χ0) is 17.6. The number of nitrogens with zero attached hydrogens (tertiary/aromatic N) is 4. The molecule has 0 bridgehead atoms. The molecule has 132 valence electrons.